The molecule has 4 rings (SSSR count). The first kappa shape index (κ1) is 13.1. The Morgan fingerprint density at radius 2 is 1.95 bits per heavy atom. The van der Waals surface area contributed by atoms with Crippen molar-refractivity contribution in [2.45, 2.75) is 56.3 Å². The number of carbonyl (C=O) groups excluding carboxylic acids is 1. The van der Waals surface area contributed by atoms with Crippen molar-refractivity contribution >= 4 is 5.91 Å². The number of benzene rings is 1. The van der Waals surface area contributed by atoms with Crippen molar-refractivity contribution in [3.8, 4) is 5.75 Å². The number of likely N-dealkylation sites (N-methyl/N-ethyl adjacent to an activating group) is 1. The van der Waals surface area contributed by atoms with Gasteiger partial charge in [0.1, 0.15) is 5.75 Å². The first-order chi connectivity index (χ1) is 10.2. The fraction of sp³-hybridized carbons (Fsp3) is 0.588. The van der Waals surface area contributed by atoms with Gasteiger partial charge in [-0.1, -0.05) is 18.2 Å². The quantitative estimate of drug-likeness (QED) is 0.900. The third-order valence-corrected chi connectivity index (χ3v) is 5.27. The van der Waals surface area contributed by atoms with Gasteiger partial charge in [0.05, 0.1) is 0 Å². The molecule has 0 aromatic heterocycles. The Morgan fingerprint density at radius 1 is 1.24 bits per heavy atom. The third-order valence-electron chi connectivity index (χ3n) is 5.27. The molecule has 3 aliphatic heterocycles. The number of nitrogens with one attached hydrogen (secondary N) is 1. The fourth-order valence-corrected chi connectivity index (χ4v) is 4.07. The molecular weight excluding hydrogens is 264 g/mol. The average Bonchev–Trinajstić information content (AvgIpc) is 3.08. The topological polar surface area (TPSA) is 41.6 Å². The summed E-state index contributed by atoms with van der Waals surface area (Å²) >= 11 is 0. The number of ether oxygens (including phenoxy) is 1. The molecule has 0 saturated carbocycles. The largest absolute Gasteiger partial charge is 0.480 e. The Morgan fingerprint density at radius 3 is 2.67 bits per heavy atom. The summed E-state index contributed by atoms with van der Waals surface area (Å²) in [5.74, 6) is 1.01. The van der Waals surface area contributed by atoms with Gasteiger partial charge in [-0.05, 0) is 37.3 Å². The minimum absolute atomic E-state index is 0.137. The lowest BCUT2D eigenvalue weighted by atomic mass is 9.98. The molecule has 2 fully saturated rings. The molecule has 2 bridgehead atoms. The van der Waals surface area contributed by atoms with E-state index in [-0.39, 0.29) is 12.0 Å². The maximum absolute atomic E-state index is 12.7. The highest BCUT2D eigenvalue weighted by molar-refractivity contribution is 5.82. The summed E-state index contributed by atoms with van der Waals surface area (Å²) in [5, 5.41) is 3.63. The number of amides is 1. The van der Waals surface area contributed by atoms with Crippen molar-refractivity contribution in [2.75, 3.05) is 7.05 Å². The van der Waals surface area contributed by atoms with Crippen molar-refractivity contribution in [1.29, 1.82) is 0 Å². The van der Waals surface area contributed by atoms with Crippen LogP contribution in [0.1, 0.15) is 31.2 Å². The highest BCUT2D eigenvalue weighted by Crippen LogP contribution is 2.32. The van der Waals surface area contributed by atoms with Crippen LogP contribution < -0.4 is 10.1 Å². The highest BCUT2D eigenvalue weighted by atomic mass is 16.5. The predicted octanol–water partition coefficient (Wildman–Crippen LogP) is 1.73. The zero-order valence-corrected chi connectivity index (χ0v) is 12.4. The molecule has 3 aliphatic rings. The molecule has 0 radical (unpaired) electrons. The van der Waals surface area contributed by atoms with Gasteiger partial charge >= 0.3 is 0 Å². The van der Waals surface area contributed by atoms with Crippen molar-refractivity contribution in [3.63, 3.8) is 0 Å². The van der Waals surface area contributed by atoms with E-state index in [2.05, 4.69) is 5.32 Å². The number of para-hydroxylation sites is 1. The Kier molecular flexibility index (Phi) is 3.14. The molecule has 4 nitrogen and oxygen atoms in total. The monoisotopic (exact) mass is 286 g/mol. The maximum Gasteiger partial charge on any atom is 0.263 e. The molecule has 2 saturated heterocycles. The van der Waals surface area contributed by atoms with Crippen LogP contribution in [0.3, 0.4) is 0 Å². The molecule has 112 valence electrons. The number of fused-ring (bicyclic) bond motifs is 3. The molecule has 0 aliphatic carbocycles. The minimum Gasteiger partial charge on any atom is -0.480 e. The summed E-state index contributed by atoms with van der Waals surface area (Å²) in [4.78, 5) is 14.7. The molecule has 3 unspecified atom stereocenters. The third kappa shape index (κ3) is 2.31. The molecule has 1 N–H and O–H groups in total. The van der Waals surface area contributed by atoms with Gasteiger partial charge in [0.15, 0.2) is 6.10 Å². The molecule has 1 aromatic carbocycles. The van der Waals surface area contributed by atoms with Gasteiger partial charge in [-0.3, -0.25) is 4.79 Å². The summed E-state index contributed by atoms with van der Waals surface area (Å²) < 4.78 is 5.84. The Bertz CT molecular complexity index is 522. The highest BCUT2D eigenvalue weighted by Gasteiger charge is 2.39. The summed E-state index contributed by atoms with van der Waals surface area (Å²) in [5.41, 5.74) is 1.15. The van der Waals surface area contributed by atoms with E-state index in [1.807, 2.05) is 36.2 Å². The van der Waals surface area contributed by atoms with Crippen LogP contribution in [0, 0.1) is 0 Å². The van der Waals surface area contributed by atoms with E-state index < -0.39 is 0 Å². The van der Waals surface area contributed by atoms with E-state index in [0.29, 0.717) is 24.5 Å². The molecule has 3 atom stereocenters. The van der Waals surface area contributed by atoms with Crippen LogP contribution >= 0.6 is 0 Å². The zero-order chi connectivity index (χ0) is 14.4. The second kappa shape index (κ2) is 5.02. The average molecular weight is 286 g/mol. The summed E-state index contributed by atoms with van der Waals surface area (Å²) in [6.45, 7) is 0. The lowest BCUT2D eigenvalue weighted by molar-refractivity contribution is -0.139. The Hall–Kier alpha value is -1.55. The van der Waals surface area contributed by atoms with Crippen LogP contribution in [0.2, 0.25) is 0 Å². The maximum atomic E-state index is 12.7. The molecule has 1 amide bonds. The van der Waals surface area contributed by atoms with Crippen molar-refractivity contribution < 1.29 is 9.53 Å². The van der Waals surface area contributed by atoms with Crippen molar-refractivity contribution in [3.05, 3.63) is 29.8 Å². The van der Waals surface area contributed by atoms with Gasteiger partial charge in [0, 0.05) is 31.6 Å². The second-order valence-electron chi connectivity index (χ2n) is 6.63. The summed E-state index contributed by atoms with van der Waals surface area (Å²) in [6.07, 6.45) is 5.05. The molecule has 21 heavy (non-hydrogen) atoms. The van der Waals surface area contributed by atoms with Gasteiger partial charge in [-0.2, -0.15) is 0 Å². The molecular formula is C17H22N2O2. The van der Waals surface area contributed by atoms with Gasteiger partial charge < -0.3 is 15.0 Å². The first-order valence-corrected chi connectivity index (χ1v) is 7.98. The van der Waals surface area contributed by atoms with E-state index >= 15 is 0 Å². The van der Waals surface area contributed by atoms with Gasteiger partial charge in [-0.25, -0.2) is 0 Å². The number of hydrogen-bond donors (Lipinski definition) is 1. The van der Waals surface area contributed by atoms with Crippen LogP contribution in [-0.2, 0) is 11.2 Å². The van der Waals surface area contributed by atoms with Crippen LogP contribution in [0.5, 0.6) is 5.75 Å². The standard InChI is InChI=1S/C17H22N2O2/c1-19(14-9-12-6-7-13(10-14)18-12)17(20)16-8-11-4-2-3-5-15(11)21-16/h2-5,12-14,16,18H,6-10H2,1H3. The molecule has 4 heteroatoms. The zero-order valence-electron chi connectivity index (χ0n) is 12.4. The number of hydrogen-bond acceptors (Lipinski definition) is 3. The fourth-order valence-electron chi connectivity index (χ4n) is 4.07. The summed E-state index contributed by atoms with van der Waals surface area (Å²) in [6, 6.07) is 9.53. The lowest BCUT2D eigenvalue weighted by Gasteiger charge is -2.36. The van der Waals surface area contributed by atoms with Crippen molar-refractivity contribution in [1.82, 2.24) is 10.2 Å². The van der Waals surface area contributed by atoms with E-state index in [1.165, 1.54) is 12.8 Å². The number of rotatable bonds is 2. The van der Waals surface area contributed by atoms with E-state index in [4.69, 9.17) is 4.74 Å². The smallest absolute Gasteiger partial charge is 0.263 e. The van der Waals surface area contributed by atoms with E-state index in [9.17, 15) is 4.79 Å². The SMILES string of the molecule is CN(C(=O)C1Cc2ccccc2O1)C1CC2CCC(C1)N2. The van der Waals surface area contributed by atoms with Crippen LogP contribution in [-0.4, -0.2) is 42.1 Å². The number of piperidine rings is 1. The van der Waals surface area contributed by atoms with Crippen LogP contribution in [0.25, 0.3) is 0 Å². The van der Waals surface area contributed by atoms with Gasteiger partial charge in [-0.15, -0.1) is 0 Å². The normalized spacial score (nSPS) is 33.4. The van der Waals surface area contributed by atoms with Crippen molar-refractivity contribution in [2.24, 2.45) is 0 Å². The van der Waals surface area contributed by atoms with Crippen LogP contribution in [0.4, 0.5) is 0 Å². The predicted molar refractivity (Wildman–Crippen MR) is 80.3 cm³/mol. The second-order valence-corrected chi connectivity index (χ2v) is 6.63. The molecule has 0 spiro atoms. The summed E-state index contributed by atoms with van der Waals surface area (Å²) in [7, 11) is 1.95. The number of carbonyl (C=O) groups is 1. The minimum atomic E-state index is -0.333. The lowest BCUT2D eigenvalue weighted by Crippen LogP contribution is -2.51. The van der Waals surface area contributed by atoms with Crippen LogP contribution in [0.15, 0.2) is 24.3 Å². The Balaban J connectivity index is 1.44. The van der Waals surface area contributed by atoms with Gasteiger partial charge in [0.2, 0.25) is 0 Å². The van der Waals surface area contributed by atoms with E-state index in [0.717, 1.165) is 24.2 Å². The molecule has 3 heterocycles. The number of nitrogens with zero attached hydrogens (tertiary/aromatic N) is 1. The van der Waals surface area contributed by atoms with E-state index in [1.54, 1.807) is 0 Å². The van der Waals surface area contributed by atoms with Gasteiger partial charge in [0.25, 0.3) is 5.91 Å². The Labute approximate surface area is 125 Å². The molecule has 1 aromatic rings. The first-order valence-electron chi connectivity index (χ1n) is 7.98.